The molecule has 2 aromatic heterocycles. The summed E-state index contributed by atoms with van der Waals surface area (Å²) >= 11 is 0. The number of halogens is 2. The predicted molar refractivity (Wildman–Crippen MR) is 114 cm³/mol. The fraction of sp³-hybridized carbons (Fsp3) is 0.333. The number of hydrogen-bond donors (Lipinski definition) is 4. The van der Waals surface area contributed by atoms with Crippen LogP contribution in [-0.2, 0) is 4.79 Å². The monoisotopic (exact) mass is 460 g/mol. The molecule has 1 aliphatic heterocycles. The van der Waals surface area contributed by atoms with Gasteiger partial charge in [-0.05, 0) is 5.56 Å². The molecule has 4 N–H and O–H groups in total. The lowest BCUT2D eigenvalue weighted by molar-refractivity contribution is -0.133. The van der Waals surface area contributed by atoms with Crippen LogP contribution in [0.15, 0.2) is 42.6 Å². The van der Waals surface area contributed by atoms with Crippen LogP contribution in [0.25, 0.3) is 10.9 Å². The zero-order chi connectivity index (χ0) is 23.4. The van der Waals surface area contributed by atoms with Crippen LogP contribution in [-0.4, -0.2) is 75.9 Å². The number of alkyl halides is 2. The summed E-state index contributed by atoms with van der Waals surface area (Å²) in [5, 5.41) is 21.6. The number of carbonyl (C=O) groups is 2. The molecule has 174 valence electrons. The maximum atomic E-state index is 12.7. The highest BCUT2D eigenvalue weighted by molar-refractivity contribution is 5.92. The summed E-state index contributed by atoms with van der Waals surface area (Å²) in [5.41, 5.74) is 1.41. The van der Waals surface area contributed by atoms with Crippen molar-refractivity contribution in [1.29, 1.82) is 0 Å². The van der Waals surface area contributed by atoms with Gasteiger partial charge in [0.15, 0.2) is 6.61 Å². The number of hydrogen-bond acceptors (Lipinski definition) is 6. The lowest BCUT2D eigenvalue weighted by Crippen LogP contribution is -2.43. The fourth-order valence-corrected chi connectivity index (χ4v) is 3.82. The molecule has 0 bridgehead atoms. The number of nitrogens with one attached hydrogen (secondary N) is 3. The predicted octanol–water partition coefficient (Wildman–Crippen LogP) is 1.71. The summed E-state index contributed by atoms with van der Waals surface area (Å²) in [4.78, 5) is 30.3. The third-order valence-corrected chi connectivity index (χ3v) is 5.35. The number of nitrogens with zero attached hydrogens (tertiary/aromatic N) is 3. The molecule has 1 fully saturated rings. The highest BCUT2D eigenvalue weighted by Gasteiger charge is 2.36. The minimum atomic E-state index is -2.63. The van der Waals surface area contributed by atoms with Crippen LogP contribution >= 0.6 is 0 Å². The van der Waals surface area contributed by atoms with Gasteiger partial charge in [-0.3, -0.25) is 15.2 Å². The zero-order valence-electron chi connectivity index (χ0n) is 17.4. The molecular formula is C21H22F2N6O4. The van der Waals surface area contributed by atoms with Crippen LogP contribution in [0.3, 0.4) is 0 Å². The van der Waals surface area contributed by atoms with Gasteiger partial charge >= 0.3 is 6.03 Å². The molecule has 4 rings (SSSR count). The smallest absolute Gasteiger partial charge is 0.320 e. The Bertz CT molecular complexity index is 1130. The van der Waals surface area contributed by atoms with Gasteiger partial charge in [0.2, 0.25) is 11.8 Å². The summed E-state index contributed by atoms with van der Waals surface area (Å²) in [6.07, 6.45) is -1.27. The molecule has 2 atom stereocenters. The maximum Gasteiger partial charge on any atom is 0.320 e. The molecule has 0 radical (unpaired) electrons. The molecule has 3 aromatic rings. The fourth-order valence-electron chi connectivity index (χ4n) is 3.82. The van der Waals surface area contributed by atoms with E-state index in [1.165, 1.54) is 17.2 Å². The van der Waals surface area contributed by atoms with E-state index in [9.17, 15) is 23.5 Å². The number of fused-ring (bicyclic) bond motifs is 1. The van der Waals surface area contributed by atoms with Crippen molar-refractivity contribution in [2.45, 2.75) is 18.4 Å². The molecule has 33 heavy (non-hydrogen) atoms. The third kappa shape index (κ3) is 5.17. The zero-order valence-corrected chi connectivity index (χ0v) is 17.4. The molecule has 0 aliphatic carbocycles. The van der Waals surface area contributed by atoms with Crippen LogP contribution in [0.5, 0.6) is 5.88 Å². The van der Waals surface area contributed by atoms with Crippen LogP contribution < -0.4 is 15.4 Å². The number of urea groups is 1. The molecule has 0 spiro atoms. The number of pyridine rings is 1. The lowest BCUT2D eigenvalue weighted by atomic mass is 9.94. The van der Waals surface area contributed by atoms with Crippen molar-refractivity contribution in [2.75, 3.05) is 31.6 Å². The van der Waals surface area contributed by atoms with Gasteiger partial charge in [0.1, 0.15) is 12.4 Å². The Morgan fingerprint density at radius 3 is 2.79 bits per heavy atom. The van der Waals surface area contributed by atoms with Gasteiger partial charge in [-0.15, -0.1) is 5.10 Å². The first kappa shape index (κ1) is 22.4. The van der Waals surface area contributed by atoms with E-state index in [4.69, 9.17) is 4.74 Å². The Balaban J connectivity index is 1.44. The maximum absolute atomic E-state index is 12.7. The number of benzene rings is 1. The number of rotatable bonds is 7. The Kier molecular flexibility index (Phi) is 6.63. The van der Waals surface area contributed by atoms with Gasteiger partial charge in [0, 0.05) is 31.3 Å². The quantitative estimate of drug-likeness (QED) is 0.424. The second kappa shape index (κ2) is 9.77. The Labute approximate surface area is 186 Å². The third-order valence-electron chi connectivity index (χ3n) is 5.35. The van der Waals surface area contributed by atoms with Gasteiger partial charge in [0.25, 0.3) is 6.43 Å². The number of aromatic amines is 1. The van der Waals surface area contributed by atoms with E-state index in [0.29, 0.717) is 17.4 Å². The highest BCUT2D eigenvalue weighted by Crippen LogP contribution is 2.28. The number of carbonyl (C=O) groups excluding carboxylic acids is 2. The molecule has 12 heteroatoms. The van der Waals surface area contributed by atoms with Crippen molar-refractivity contribution in [3.63, 3.8) is 0 Å². The van der Waals surface area contributed by atoms with Gasteiger partial charge < -0.3 is 20.1 Å². The first-order valence-electron chi connectivity index (χ1n) is 10.2. The van der Waals surface area contributed by atoms with E-state index in [1.54, 1.807) is 0 Å². The molecule has 0 saturated carbocycles. The Morgan fingerprint density at radius 2 is 2.06 bits per heavy atom. The number of H-pyrrole nitrogens is 1. The van der Waals surface area contributed by atoms with E-state index < -0.39 is 31.6 Å². The topological polar surface area (TPSA) is 132 Å². The van der Waals surface area contributed by atoms with Gasteiger partial charge in [-0.1, -0.05) is 30.3 Å². The number of anilines is 1. The lowest BCUT2D eigenvalue weighted by Gasteiger charge is -2.20. The van der Waals surface area contributed by atoms with Crippen molar-refractivity contribution < 1.29 is 28.2 Å². The van der Waals surface area contributed by atoms with Gasteiger partial charge in [-0.25, -0.2) is 18.6 Å². The first-order valence-corrected chi connectivity index (χ1v) is 10.2. The second-order valence-electron chi connectivity index (χ2n) is 7.52. The summed E-state index contributed by atoms with van der Waals surface area (Å²) in [5.74, 6) is -0.345. The van der Waals surface area contributed by atoms with E-state index in [2.05, 4.69) is 25.8 Å². The number of aromatic nitrogens is 3. The summed E-state index contributed by atoms with van der Waals surface area (Å²) in [6.45, 7) is -0.766. The van der Waals surface area contributed by atoms with Gasteiger partial charge in [0.05, 0.1) is 16.9 Å². The highest BCUT2D eigenvalue weighted by atomic mass is 19.3. The minimum absolute atomic E-state index is 0.000832. The van der Waals surface area contributed by atoms with Crippen LogP contribution in [0.4, 0.5) is 19.4 Å². The molecule has 3 amide bonds. The van der Waals surface area contributed by atoms with E-state index >= 15 is 0 Å². The van der Waals surface area contributed by atoms with E-state index in [0.717, 1.165) is 5.56 Å². The summed E-state index contributed by atoms with van der Waals surface area (Å²) < 4.78 is 29.7. The number of likely N-dealkylation sites (tertiary alicyclic amines) is 1. The van der Waals surface area contributed by atoms with Crippen molar-refractivity contribution in [1.82, 2.24) is 25.4 Å². The molecule has 1 saturated heterocycles. The molecular weight excluding hydrogens is 438 g/mol. The molecule has 10 nitrogen and oxygen atoms in total. The second-order valence-corrected chi connectivity index (χ2v) is 7.52. The van der Waals surface area contributed by atoms with Crippen molar-refractivity contribution in [2.24, 2.45) is 0 Å². The molecule has 2 unspecified atom stereocenters. The van der Waals surface area contributed by atoms with Crippen LogP contribution in [0.1, 0.15) is 11.5 Å². The van der Waals surface area contributed by atoms with Gasteiger partial charge in [-0.2, -0.15) is 0 Å². The van der Waals surface area contributed by atoms with Crippen molar-refractivity contribution >= 4 is 28.7 Å². The number of aliphatic hydroxyl groups excluding tert-OH is 1. The molecule has 1 aromatic carbocycles. The summed E-state index contributed by atoms with van der Waals surface area (Å²) in [7, 11) is 0. The Hall–Kier alpha value is -3.80. The normalized spacial score (nSPS) is 18.0. The van der Waals surface area contributed by atoms with Crippen LogP contribution in [0.2, 0.25) is 0 Å². The first-order chi connectivity index (χ1) is 15.9. The van der Waals surface area contributed by atoms with E-state index in [1.807, 2.05) is 30.3 Å². The minimum Gasteiger partial charge on any atom is -0.470 e. The standard InChI is InChI=1S/C21H22F2N6O4/c22-17(23)11-33-20-13-7-24-18(6-15(13)27-28-20)26-21(32)25-16-9-29(19(31)10-30)8-14(16)12-4-2-1-3-5-12/h1-7,14,16-17,30H,8-11H2,(H,27,28)(H2,24,25,26,32). The molecule has 3 heterocycles. The molecule has 1 aliphatic rings. The van der Waals surface area contributed by atoms with Crippen LogP contribution in [0, 0.1) is 0 Å². The number of aliphatic hydroxyl groups is 1. The largest absolute Gasteiger partial charge is 0.470 e. The Morgan fingerprint density at radius 1 is 1.27 bits per heavy atom. The number of ether oxygens (including phenoxy) is 1. The van der Waals surface area contributed by atoms with E-state index in [-0.39, 0.29) is 30.2 Å². The van der Waals surface area contributed by atoms with Crippen molar-refractivity contribution in [3.05, 3.63) is 48.2 Å². The van der Waals surface area contributed by atoms with Crippen molar-refractivity contribution in [3.8, 4) is 5.88 Å². The average Bonchev–Trinajstić information content (AvgIpc) is 3.41. The SMILES string of the molecule is O=C(Nc1cc2[nH]nc(OCC(F)F)c2cn1)NC1CN(C(=O)CO)CC1c1ccccc1. The summed E-state index contributed by atoms with van der Waals surface area (Å²) in [6, 6.07) is 10.1. The number of amides is 3. The average molecular weight is 460 g/mol.